The fraction of sp³-hybridized carbons (Fsp3) is 0.529. The van der Waals surface area contributed by atoms with Crippen LogP contribution in [0, 0.1) is 5.92 Å². The predicted molar refractivity (Wildman–Crippen MR) is 85.9 cm³/mol. The molecular formula is C17H23N3O3. The van der Waals surface area contributed by atoms with Crippen molar-refractivity contribution in [3.8, 4) is 11.5 Å². The molecule has 0 bridgehead atoms. The van der Waals surface area contributed by atoms with Gasteiger partial charge in [0.15, 0.2) is 17.3 Å². The molecule has 3 rings (SSSR count). The number of hydrogen-bond acceptors (Lipinski definition) is 6. The van der Waals surface area contributed by atoms with Crippen LogP contribution in [0.25, 0.3) is 0 Å². The Morgan fingerprint density at radius 3 is 2.70 bits per heavy atom. The number of nitrogens with zero attached hydrogens (tertiary/aromatic N) is 2. The third kappa shape index (κ3) is 4.01. The molecule has 0 aliphatic carbocycles. The predicted octanol–water partition coefficient (Wildman–Crippen LogP) is 2.22. The van der Waals surface area contributed by atoms with Crippen LogP contribution in [0.1, 0.15) is 30.1 Å². The Morgan fingerprint density at radius 2 is 1.96 bits per heavy atom. The summed E-state index contributed by atoms with van der Waals surface area (Å²) in [5.74, 6) is 3.53. The van der Waals surface area contributed by atoms with E-state index in [4.69, 9.17) is 14.0 Å². The lowest BCUT2D eigenvalue weighted by atomic mass is 9.95. The maximum absolute atomic E-state index is 5.40. The molecule has 23 heavy (non-hydrogen) atoms. The summed E-state index contributed by atoms with van der Waals surface area (Å²) in [6, 6.07) is 5.83. The lowest BCUT2D eigenvalue weighted by Crippen LogP contribution is -2.28. The van der Waals surface area contributed by atoms with Gasteiger partial charge in [-0.1, -0.05) is 11.2 Å². The van der Waals surface area contributed by atoms with Crippen LogP contribution in [0.5, 0.6) is 11.5 Å². The average Bonchev–Trinajstić information content (AvgIpc) is 3.02. The van der Waals surface area contributed by atoms with Gasteiger partial charge in [-0.05, 0) is 49.5 Å². The summed E-state index contributed by atoms with van der Waals surface area (Å²) >= 11 is 0. The molecule has 0 unspecified atom stereocenters. The first kappa shape index (κ1) is 15.8. The third-order valence-electron chi connectivity index (χ3n) is 4.24. The molecule has 0 saturated carbocycles. The van der Waals surface area contributed by atoms with Crippen molar-refractivity contribution < 1.29 is 14.0 Å². The summed E-state index contributed by atoms with van der Waals surface area (Å²) in [7, 11) is 3.26. The molecule has 6 heteroatoms. The van der Waals surface area contributed by atoms with Gasteiger partial charge in [-0.3, -0.25) is 0 Å². The van der Waals surface area contributed by atoms with Gasteiger partial charge in [0.2, 0.25) is 5.89 Å². The van der Waals surface area contributed by atoms with Gasteiger partial charge in [0, 0.05) is 12.8 Å². The highest BCUT2D eigenvalue weighted by atomic mass is 16.5. The van der Waals surface area contributed by atoms with E-state index in [9.17, 15) is 0 Å². The van der Waals surface area contributed by atoms with Crippen molar-refractivity contribution >= 4 is 0 Å². The third-order valence-corrected chi connectivity index (χ3v) is 4.24. The molecule has 1 fully saturated rings. The summed E-state index contributed by atoms with van der Waals surface area (Å²) in [6.45, 7) is 2.16. The molecule has 0 spiro atoms. The van der Waals surface area contributed by atoms with Gasteiger partial charge in [0.05, 0.1) is 14.2 Å². The van der Waals surface area contributed by atoms with E-state index in [-0.39, 0.29) is 0 Å². The maximum atomic E-state index is 5.40. The van der Waals surface area contributed by atoms with Crippen LogP contribution in [0.4, 0.5) is 0 Å². The Bertz CT molecular complexity index is 636. The number of nitrogens with one attached hydrogen (secondary N) is 1. The maximum Gasteiger partial charge on any atom is 0.226 e. The number of benzene rings is 1. The van der Waals surface area contributed by atoms with Gasteiger partial charge >= 0.3 is 0 Å². The van der Waals surface area contributed by atoms with Crippen molar-refractivity contribution in [1.82, 2.24) is 15.5 Å². The van der Waals surface area contributed by atoms with Crippen LogP contribution in [-0.4, -0.2) is 37.4 Å². The van der Waals surface area contributed by atoms with Crippen molar-refractivity contribution in [2.24, 2.45) is 5.92 Å². The molecule has 1 aliphatic heterocycles. The van der Waals surface area contributed by atoms with E-state index in [1.165, 1.54) is 12.8 Å². The summed E-state index contributed by atoms with van der Waals surface area (Å²) in [6.07, 6.45) is 3.84. The van der Waals surface area contributed by atoms with Crippen molar-refractivity contribution in [2.75, 3.05) is 27.3 Å². The van der Waals surface area contributed by atoms with Crippen LogP contribution in [-0.2, 0) is 12.8 Å². The van der Waals surface area contributed by atoms with Crippen LogP contribution in [0.15, 0.2) is 22.7 Å². The van der Waals surface area contributed by atoms with Gasteiger partial charge in [-0.2, -0.15) is 4.98 Å². The number of hydrogen-bond donors (Lipinski definition) is 1. The molecule has 1 N–H and O–H groups in total. The minimum Gasteiger partial charge on any atom is -0.493 e. The average molecular weight is 317 g/mol. The first-order valence-corrected chi connectivity index (χ1v) is 8.01. The second-order valence-electron chi connectivity index (χ2n) is 5.87. The molecule has 0 amide bonds. The highest BCUT2D eigenvalue weighted by molar-refractivity contribution is 5.43. The second kappa shape index (κ2) is 7.46. The van der Waals surface area contributed by atoms with E-state index in [0.717, 1.165) is 36.7 Å². The highest BCUT2D eigenvalue weighted by Gasteiger charge is 2.17. The number of methoxy groups -OCH3 is 2. The van der Waals surface area contributed by atoms with Crippen LogP contribution < -0.4 is 14.8 Å². The lowest BCUT2D eigenvalue weighted by molar-refractivity contribution is 0.312. The Morgan fingerprint density at radius 1 is 1.17 bits per heavy atom. The standard InChI is InChI=1S/C17H23N3O3/c1-21-14-4-3-13(9-15(14)22-2)10-16-19-17(23-20-16)11-12-5-7-18-8-6-12/h3-4,9,12,18H,5-8,10-11H2,1-2H3. The summed E-state index contributed by atoms with van der Waals surface area (Å²) < 4.78 is 16.0. The SMILES string of the molecule is COc1ccc(Cc2noc(CC3CCNCC3)n2)cc1OC. The van der Waals surface area contributed by atoms with Crippen LogP contribution in [0.3, 0.4) is 0 Å². The smallest absolute Gasteiger partial charge is 0.226 e. The zero-order valence-electron chi connectivity index (χ0n) is 13.7. The first-order chi connectivity index (χ1) is 11.3. The summed E-state index contributed by atoms with van der Waals surface area (Å²) in [5.41, 5.74) is 1.07. The quantitative estimate of drug-likeness (QED) is 0.881. The lowest BCUT2D eigenvalue weighted by Gasteiger charge is -2.20. The topological polar surface area (TPSA) is 69.4 Å². The Hall–Kier alpha value is -2.08. The molecule has 0 radical (unpaired) electrons. The van der Waals surface area contributed by atoms with Gasteiger partial charge in [-0.15, -0.1) is 0 Å². The largest absolute Gasteiger partial charge is 0.493 e. The molecule has 2 heterocycles. The van der Waals surface area contributed by atoms with E-state index in [1.807, 2.05) is 18.2 Å². The highest BCUT2D eigenvalue weighted by Crippen LogP contribution is 2.28. The molecular weight excluding hydrogens is 294 g/mol. The Balaban J connectivity index is 1.64. The summed E-state index contributed by atoms with van der Waals surface area (Å²) in [4.78, 5) is 4.53. The number of rotatable bonds is 6. The number of piperidine rings is 1. The molecule has 1 aromatic carbocycles. The van der Waals surface area contributed by atoms with E-state index >= 15 is 0 Å². The van der Waals surface area contributed by atoms with Gasteiger partial charge < -0.3 is 19.3 Å². The van der Waals surface area contributed by atoms with Crippen molar-refractivity contribution in [1.29, 1.82) is 0 Å². The molecule has 2 aromatic rings. The molecule has 1 aliphatic rings. The van der Waals surface area contributed by atoms with Crippen molar-refractivity contribution in [2.45, 2.75) is 25.7 Å². The molecule has 0 atom stereocenters. The van der Waals surface area contributed by atoms with Gasteiger partial charge in [0.25, 0.3) is 0 Å². The van der Waals surface area contributed by atoms with Crippen molar-refractivity contribution in [3.63, 3.8) is 0 Å². The molecule has 1 aromatic heterocycles. The normalized spacial score (nSPS) is 15.6. The number of ether oxygens (including phenoxy) is 2. The fourth-order valence-electron chi connectivity index (χ4n) is 2.95. The van der Waals surface area contributed by atoms with E-state index in [2.05, 4.69) is 15.5 Å². The van der Waals surface area contributed by atoms with Gasteiger partial charge in [-0.25, -0.2) is 0 Å². The minimum atomic E-state index is 0.621. The van der Waals surface area contributed by atoms with Crippen molar-refractivity contribution in [3.05, 3.63) is 35.5 Å². The van der Waals surface area contributed by atoms with Crippen LogP contribution >= 0.6 is 0 Å². The summed E-state index contributed by atoms with van der Waals surface area (Å²) in [5, 5.41) is 7.47. The van der Waals surface area contributed by atoms with Gasteiger partial charge in [0.1, 0.15) is 0 Å². The zero-order chi connectivity index (χ0) is 16.1. The van der Waals surface area contributed by atoms with E-state index < -0.39 is 0 Å². The monoisotopic (exact) mass is 317 g/mol. The molecule has 6 nitrogen and oxygen atoms in total. The fourth-order valence-corrected chi connectivity index (χ4v) is 2.95. The Labute approximate surface area is 136 Å². The molecule has 124 valence electrons. The van der Waals surface area contributed by atoms with E-state index in [1.54, 1.807) is 14.2 Å². The van der Waals surface area contributed by atoms with E-state index in [0.29, 0.717) is 23.9 Å². The molecule has 1 saturated heterocycles. The van der Waals surface area contributed by atoms with Crippen LogP contribution in [0.2, 0.25) is 0 Å². The zero-order valence-corrected chi connectivity index (χ0v) is 13.7. The first-order valence-electron chi connectivity index (χ1n) is 8.01. The number of aromatic nitrogens is 2. The Kier molecular flexibility index (Phi) is 5.12. The second-order valence-corrected chi connectivity index (χ2v) is 5.87. The minimum absolute atomic E-state index is 0.621.